The van der Waals surface area contributed by atoms with E-state index in [1.807, 2.05) is 6.92 Å². The highest BCUT2D eigenvalue weighted by molar-refractivity contribution is 6.31. The molecule has 1 amide bonds. The van der Waals surface area contributed by atoms with Gasteiger partial charge < -0.3 is 5.32 Å². The van der Waals surface area contributed by atoms with Crippen LogP contribution in [0.4, 0.5) is 5.82 Å². The summed E-state index contributed by atoms with van der Waals surface area (Å²) < 4.78 is 0. The molecule has 5 heteroatoms. The lowest BCUT2D eigenvalue weighted by Gasteiger charge is -2.06. The molecule has 18 heavy (non-hydrogen) atoms. The molecule has 1 N–H and O–H groups in total. The number of benzene rings is 1. The number of hydrogen-bond donors (Lipinski definition) is 1. The molecular formula is C13H10Cl2N2O. The van der Waals surface area contributed by atoms with Crippen LogP contribution in [-0.4, -0.2) is 10.9 Å². The molecule has 0 saturated carbocycles. The Morgan fingerprint density at radius 3 is 2.67 bits per heavy atom. The maximum Gasteiger partial charge on any atom is 0.256 e. The number of carbonyl (C=O) groups excluding carboxylic acids is 1. The second kappa shape index (κ2) is 5.38. The van der Waals surface area contributed by atoms with Crippen molar-refractivity contribution in [3.63, 3.8) is 0 Å². The SMILES string of the molecule is Cc1cc(C(=O)Nc2cc(Cl)ccn2)ccc1Cl. The van der Waals surface area contributed by atoms with Crippen LogP contribution in [0.1, 0.15) is 15.9 Å². The van der Waals surface area contributed by atoms with Gasteiger partial charge in [-0.15, -0.1) is 0 Å². The van der Waals surface area contributed by atoms with Crippen LogP contribution >= 0.6 is 23.2 Å². The number of aryl methyl sites for hydroxylation is 1. The highest BCUT2D eigenvalue weighted by Gasteiger charge is 2.08. The van der Waals surface area contributed by atoms with Gasteiger partial charge in [-0.2, -0.15) is 0 Å². The smallest absolute Gasteiger partial charge is 0.256 e. The van der Waals surface area contributed by atoms with Crippen LogP contribution in [0.2, 0.25) is 10.0 Å². The molecule has 0 aliphatic rings. The first kappa shape index (κ1) is 12.9. The molecule has 2 aromatic rings. The molecule has 0 unspecified atom stereocenters. The normalized spacial score (nSPS) is 10.2. The maximum atomic E-state index is 12.0. The molecular weight excluding hydrogens is 271 g/mol. The predicted molar refractivity (Wildman–Crippen MR) is 73.4 cm³/mol. The third kappa shape index (κ3) is 3.00. The molecule has 0 saturated heterocycles. The Kier molecular flexibility index (Phi) is 3.84. The number of aromatic nitrogens is 1. The second-order valence-electron chi connectivity index (χ2n) is 3.78. The van der Waals surface area contributed by atoms with Crippen molar-refractivity contribution in [2.45, 2.75) is 6.92 Å². The van der Waals surface area contributed by atoms with Crippen molar-refractivity contribution in [3.05, 3.63) is 57.7 Å². The topological polar surface area (TPSA) is 42.0 Å². The number of nitrogens with one attached hydrogen (secondary N) is 1. The molecule has 0 fully saturated rings. The van der Waals surface area contributed by atoms with Gasteiger partial charge in [0.1, 0.15) is 5.82 Å². The van der Waals surface area contributed by atoms with Gasteiger partial charge in [-0.3, -0.25) is 4.79 Å². The van der Waals surface area contributed by atoms with Crippen LogP contribution < -0.4 is 5.32 Å². The van der Waals surface area contributed by atoms with Crippen LogP contribution in [0, 0.1) is 6.92 Å². The summed E-state index contributed by atoms with van der Waals surface area (Å²) in [4.78, 5) is 16.0. The molecule has 0 radical (unpaired) electrons. The first-order chi connectivity index (χ1) is 8.56. The molecule has 3 nitrogen and oxygen atoms in total. The molecule has 1 heterocycles. The fraction of sp³-hybridized carbons (Fsp3) is 0.0769. The highest BCUT2D eigenvalue weighted by atomic mass is 35.5. The summed E-state index contributed by atoms with van der Waals surface area (Å²) in [5, 5.41) is 3.82. The van der Waals surface area contributed by atoms with E-state index < -0.39 is 0 Å². The van der Waals surface area contributed by atoms with Crippen LogP contribution in [0.5, 0.6) is 0 Å². The number of hydrogen-bond acceptors (Lipinski definition) is 2. The molecule has 0 spiro atoms. The van der Waals surface area contributed by atoms with Crippen LogP contribution in [0.3, 0.4) is 0 Å². The number of rotatable bonds is 2. The van der Waals surface area contributed by atoms with E-state index in [4.69, 9.17) is 23.2 Å². The summed E-state index contributed by atoms with van der Waals surface area (Å²) in [6, 6.07) is 8.31. The average Bonchev–Trinajstić information content (AvgIpc) is 2.32. The summed E-state index contributed by atoms with van der Waals surface area (Å²) in [6.07, 6.45) is 1.53. The van der Waals surface area contributed by atoms with E-state index in [1.165, 1.54) is 6.20 Å². The molecule has 1 aromatic carbocycles. The quantitative estimate of drug-likeness (QED) is 0.905. The van der Waals surface area contributed by atoms with Gasteiger partial charge in [0.2, 0.25) is 0 Å². The minimum Gasteiger partial charge on any atom is -0.307 e. The lowest BCUT2D eigenvalue weighted by Crippen LogP contribution is -2.12. The summed E-state index contributed by atoms with van der Waals surface area (Å²) in [7, 11) is 0. The Bertz CT molecular complexity index is 599. The minimum atomic E-state index is -0.246. The summed E-state index contributed by atoms with van der Waals surface area (Å²) in [6.45, 7) is 1.84. The Labute approximate surface area is 115 Å². The lowest BCUT2D eigenvalue weighted by atomic mass is 10.1. The summed E-state index contributed by atoms with van der Waals surface area (Å²) in [5.41, 5.74) is 1.38. The Morgan fingerprint density at radius 1 is 1.22 bits per heavy atom. The van der Waals surface area contributed by atoms with Crippen molar-refractivity contribution in [3.8, 4) is 0 Å². The lowest BCUT2D eigenvalue weighted by molar-refractivity contribution is 0.102. The van der Waals surface area contributed by atoms with Gasteiger partial charge in [0.05, 0.1) is 0 Å². The van der Waals surface area contributed by atoms with Crippen LogP contribution in [0.25, 0.3) is 0 Å². The number of amides is 1. The van der Waals surface area contributed by atoms with E-state index in [9.17, 15) is 4.79 Å². The van der Waals surface area contributed by atoms with Gasteiger partial charge in [-0.1, -0.05) is 23.2 Å². The van der Waals surface area contributed by atoms with Crippen molar-refractivity contribution in [1.29, 1.82) is 0 Å². The molecule has 2 rings (SSSR count). The van der Waals surface area contributed by atoms with E-state index >= 15 is 0 Å². The monoisotopic (exact) mass is 280 g/mol. The maximum absolute atomic E-state index is 12.0. The van der Waals surface area contributed by atoms with Crippen molar-refractivity contribution >= 4 is 34.9 Å². The molecule has 0 bridgehead atoms. The van der Waals surface area contributed by atoms with Gasteiger partial charge in [-0.25, -0.2) is 4.98 Å². The fourth-order valence-corrected chi connectivity index (χ4v) is 1.72. The van der Waals surface area contributed by atoms with Crippen LogP contribution in [-0.2, 0) is 0 Å². The third-order valence-electron chi connectivity index (χ3n) is 2.38. The number of nitrogens with zero attached hydrogens (tertiary/aromatic N) is 1. The van der Waals surface area contributed by atoms with E-state index in [2.05, 4.69) is 10.3 Å². The minimum absolute atomic E-state index is 0.246. The van der Waals surface area contributed by atoms with E-state index in [1.54, 1.807) is 30.3 Å². The molecule has 0 atom stereocenters. The average molecular weight is 281 g/mol. The largest absolute Gasteiger partial charge is 0.307 e. The first-order valence-electron chi connectivity index (χ1n) is 5.25. The standard InChI is InChI=1S/C13H10Cl2N2O/c1-8-6-9(2-3-11(8)15)13(18)17-12-7-10(14)4-5-16-12/h2-7H,1H3,(H,16,17,18). The Morgan fingerprint density at radius 2 is 2.00 bits per heavy atom. The van der Waals surface area contributed by atoms with Gasteiger partial charge in [0, 0.05) is 21.8 Å². The molecule has 0 aliphatic carbocycles. The number of halogens is 2. The second-order valence-corrected chi connectivity index (χ2v) is 4.62. The number of anilines is 1. The Hall–Kier alpha value is -1.58. The predicted octanol–water partition coefficient (Wildman–Crippen LogP) is 3.95. The molecule has 0 aliphatic heterocycles. The van der Waals surface area contributed by atoms with Gasteiger partial charge in [0.15, 0.2) is 0 Å². The first-order valence-corrected chi connectivity index (χ1v) is 6.01. The zero-order valence-corrected chi connectivity index (χ0v) is 11.1. The van der Waals surface area contributed by atoms with Gasteiger partial charge in [0.25, 0.3) is 5.91 Å². The molecule has 92 valence electrons. The summed E-state index contributed by atoms with van der Waals surface area (Å²) in [5.74, 6) is 0.171. The zero-order valence-electron chi connectivity index (χ0n) is 9.58. The van der Waals surface area contributed by atoms with Gasteiger partial charge >= 0.3 is 0 Å². The van der Waals surface area contributed by atoms with Crippen molar-refractivity contribution in [1.82, 2.24) is 4.98 Å². The number of pyridine rings is 1. The Balaban J connectivity index is 2.19. The van der Waals surface area contributed by atoms with Gasteiger partial charge in [-0.05, 0) is 42.8 Å². The van der Waals surface area contributed by atoms with Crippen molar-refractivity contribution in [2.75, 3.05) is 5.32 Å². The highest BCUT2D eigenvalue weighted by Crippen LogP contribution is 2.18. The van der Waals surface area contributed by atoms with E-state index in [0.717, 1.165) is 5.56 Å². The van der Waals surface area contributed by atoms with E-state index in [-0.39, 0.29) is 5.91 Å². The van der Waals surface area contributed by atoms with Crippen LogP contribution in [0.15, 0.2) is 36.5 Å². The van der Waals surface area contributed by atoms with Crippen molar-refractivity contribution in [2.24, 2.45) is 0 Å². The molecule has 1 aromatic heterocycles. The fourth-order valence-electron chi connectivity index (χ4n) is 1.45. The third-order valence-corrected chi connectivity index (χ3v) is 3.04. The zero-order chi connectivity index (χ0) is 13.1. The summed E-state index contributed by atoms with van der Waals surface area (Å²) >= 11 is 11.7. The van der Waals surface area contributed by atoms with Crippen molar-refractivity contribution < 1.29 is 4.79 Å². The van der Waals surface area contributed by atoms with E-state index in [0.29, 0.717) is 21.4 Å². The number of carbonyl (C=O) groups is 1.